The van der Waals surface area contributed by atoms with Gasteiger partial charge in [-0.3, -0.25) is 4.99 Å². The first kappa shape index (κ1) is 18.1. The number of hydrogen-bond acceptors (Lipinski definition) is 2. The number of nitrogens with one attached hydrogen (secondary N) is 2. The third-order valence-electron chi connectivity index (χ3n) is 3.34. The highest BCUT2D eigenvalue weighted by atomic mass is 127. The van der Waals surface area contributed by atoms with Crippen molar-refractivity contribution in [3.63, 3.8) is 0 Å². The zero-order valence-corrected chi connectivity index (χ0v) is 15.4. The molecule has 1 aromatic carbocycles. The van der Waals surface area contributed by atoms with Crippen LogP contribution in [0.25, 0.3) is 0 Å². The molecule has 1 aliphatic rings. The van der Waals surface area contributed by atoms with Gasteiger partial charge in [-0.05, 0) is 55.9 Å². The second kappa shape index (κ2) is 9.12. The molecular weight excluding hydrogens is 377 g/mol. The van der Waals surface area contributed by atoms with Gasteiger partial charge in [-0.1, -0.05) is 6.07 Å². The molecule has 1 saturated carbocycles. The Labute approximate surface area is 144 Å². The fraction of sp³-hybridized carbons (Fsp3) is 0.562. The summed E-state index contributed by atoms with van der Waals surface area (Å²) in [6.45, 7) is 6.57. The molecule has 0 saturated heterocycles. The molecule has 0 unspecified atom stereocenters. The standard InChI is InChI=1S/C16H25N3O.HI/c1-12-8-13(2)10-15(9-12)20-7-6-18-16(17-3)19-11-14-4-5-14;/h8-10,14H,4-7,11H2,1-3H3,(H2,17,18,19);1H. The summed E-state index contributed by atoms with van der Waals surface area (Å²) in [6, 6.07) is 6.27. The van der Waals surface area contributed by atoms with Gasteiger partial charge >= 0.3 is 0 Å². The molecule has 21 heavy (non-hydrogen) atoms. The maximum absolute atomic E-state index is 5.76. The number of ether oxygens (including phenoxy) is 1. The normalized spacial score (nSPS) is 14.3. The number of hydrogen-bond donors (Lipinski definition) is 2. The summed E-state index contributed by atoms with van der Waals surface area (Å²) >= 11 is 0. The minimum absolute atomic E-state index is 0. The number of rotatable bonds is 6. The van der Waals surface area contributed by atoms with Crippen molar-refractivity contribution in [2.24, 2.45) is 10.9 Å². The van der Waals surface area contributed by atoms with Crippen molar-refractivity contribution in [3.8, 4) is 5.75 Å². The molecule has 0 bridgehead atoms. The lowest BCUT2D eigenvalue weighted by atomic mass is 10.1. The molecule has 2 rings (SSSR count). The number of aryl methyl sites for hydroxylation is 2. The minimum atomic E-state index is 0. The molecule has 0 amide bonds. The van der Waals surface area contributed by atoms with Crippen LogP contribution in [0.3, 0.4) is 0 Å². The van der Waals surface area contributed by atoms with Crippen molar-refractivity contribution < 1.29 is 4.74 Å². The third-order valence-corrected chi connectivity index (χ3v) is 3.34. The zero-order valence-electron chi connectivity index (χ0n) is 13.1. The predicted molar refractivity (Wildman–Crippen MR) is 98.9 cm³/mol. The van der Waals surface area contributed by atoms with E-state index >= 15 is 0 Å². The second-order valence-corrected chi connectivity index (χ2v) is 5.50. The van der Waals surface area contributed by atoms with Gasteiger partial charge in [0.25, 0.3) is 0 Å². The van der Waals surface area contributed by atoms with E-state index in [1.807, 2.05) is 0 Å². The summed E-state index contributed by atoms with van der Waals surface area (Å²) in [7, 11) is 1.80. The molecule has 118 valence electrons. The summed E-state index contributed by atoms with van der Waals surface area (Å²) in [6.07, 6.45) is 2.69. The van der Waals surface area contributed by atoms with Crippen LogP contribution in [0.5, 0.6) is 5.75 Å². The van der Waals surface area contributed by atoms with Crippen molar-refractivity contribution in [2.75, 3.05) is 26.7 Å². The van der Waals surface area contributed by atoms with Gasteiger partial charge in [-0.2, -0.15) is 0 Å². The molecule has 0 heterocycles. The van der Waals surface area contributed by atoms with Crippen LogP contribution in [0.4, 0.5) is 0 Å². The van der Waals surface area contributed by atoms with Crippen molar-refractivity contribution >= 4 is 29.9 Å². The fourth-order valence-corrected chi connectivity index (χ4v) is 2.14. The Balaban J connectivity index is 0.00000220. The van der Waals surface area contributed by atoms with Crippen LogP contribution in [-0.4, -0.2) is 32.7 Å². The minimum Gasteiger partial charge on any atom is -0.492 e. The topological polar surface area (TPSA) is 45.7 Å². The van der Waals surface area contributed by atoms with E-state index in [2.05, 4.69) is 47.7 Å². The van der Waals surface area contributed by atoms with E-state index in [1.54, 1.807) is 7.05 Å². The molecule has 0 spiro atoms. The van der Waals surface area contributed by atoms with Gasteiger partial charge in [0.1, 0.15) is 12.4 Å². The summed E-state index contributed by atoms with van der Waals surface area (Å²) in [5, 5.41) is 6.60. The van der Waals surface area contributed by atoms with E-state index in [1.165, 1.54) is 24.0 Å². The number of halogens is 1. The molecule has 4 nitrogen and oxygen atoms in total. The number of nitrogens with zero attached hydrogens (tertiary/aromatic N) is 1. The second-order valence-electron chi connectivity index (χ2n) is 5.50. The highest BCUT2D eigenvalue weighted by Crippen LogP contribution is 2.27. The van der Waals surface area contributed by atoms with Crippen LogP contribution in [0.15, 0.2) is 23.2 Å². The molecule has 0 radical (unpaired) electrons. The highest BCUT2D eigenvalue weighted by molar-refractivity contribution is 14.0. The van der Waals surface area contributed by atoms with Gasteiger partial charge in [-0.25, -0.2) is 0 Å². The van der Waals surface area contributed by atoms with Gasteiger partial charge < -0.3 is 15.4 Å². The summed E-state index contributed by atoms with van der Waals surface area (Å²) < 4.78 is 5.76. The zero-order chi connectivity index (χ0) is 14.4. The van der Waals surface area contributed by atoms with Gasteiger partial charge in [0.15, 0.2) is 5.96 Å². The highest BCUT2D eigenvalue weighted by Gasteiger charge is 2.20. The average molecular weight is 403 g/mol. The van der Waals surface area contributed by atoms with Crippen LogP contribution in [0, 0.1) is 19.8 Å². The van der Waals surface area contributed by atoms with Crippen LogP contribution < -0.4 is 15.4 Å². The summed E-state index contributed by atoms with van der Waals surface area (Å²) in [4.78, 5) is 4.20. The number of benzene rings is 1. The van der Waals surface area contributed by atoms with Gasteiger partial charge in [0.05, 0.1) is 6.54 Å². The van der Waals surface area contributed by atoms with E-state index in [9.17, 15) is 0 Å². The van der Waals surface area contributed by atoms with Crippen LogP contribution >= 0.6 is 24.0 Å². The van der Waals surface area contributed by atoms with E-state index in [-0.39, 0.29) is 24.0 Å². The Morgan fingerprint density at radius 1 is 1.19 bits per heavy atom. The third kappa shape index (κ3) is 7.02. The molecular formula is C16H26IN3O. The Morgan fingerprint density at radius 2 is 1.86 bits per heavy atom. The molecule has 1 fully saturated rings. The molecule has 1 aliphatic carbocycles. The van der Waals surface area contributed by atoms with Crippen molar-refractivity contribution in [1.29, 1.82) is 0 Å². The Kier molecular flexibility index (Phi) is 7.85. The maximum atomic E-state index is 5.76. The van der Waals surface area contributed by atoms with Gasteiger partial charge in [0.2, 0.25) is 0 Å². The van der Waals surface area contributed by atoms with Crippen molar-refractivity contribution in [3.05, 3.63) is 29.3 Å². The lowest BCUT2D eigenvalue weighted by molar-refractivity contribution is 0.321. The summed E-state index contributed by atoms with van der Waals surface area (Å²) in [5.41, 5.74) is 2.46. The monoisotopic (exact) mass is 403 g/mol. The first-order valence-electron chi connectivity index (χ1n) is 7.33. The Morgan fingerprint density at radius 3 is 2.43 bits per heavy atom. The predicted octanol–water partition coefficient (Wildman–Crippen LogP) is 2.88. The fourth-order valence-electron chi connectivity index (χ4n) is 2.14. The van der Waals surface area contributed by atoms with Gasteiger partial charge in [-0.15, -0.1) is 24.0 Å². The Hall–Kier alpha value is -0.980. The van der Waals surface area contributed by atoms with Crippen LogP contribution in [-0.2, 0) is 0 Å². The first-order chi connectivity index (χ1) is 9.67. The maximum Gasteiger partial charge on any atom is 0.191 e. The SMILES string of the molecule is CN=C(NCCOc1cc(C)cc(C)c1)NCC1CC1.I. The number of guanidine groups is 1. The molecule has 2 N–H and O–H groups in total. The van der Waals surface area contributed by atoms with Crippen LogP contribution in [0.1, 0.15) is 24.0 Å². The van der Waals surface area contributed by atoms with Crippen molar-refractivity contribution in [2.45, 2.75) is 26.7 Å². The molecule has 1 aromatic rings. The molecule has 0 aromatic heterocycles. The van der Waals surface area contributed by atoms with Crippen LogP contribution in [0.2, 0.25) is 0 Å². The largest absolute Gasteiger partial charge is 0.492 e. The molecule has 0 aliphatic heterocycles. The average Bonchev–Trinajstić information content (AvgIpc) is 3.21. The van der Waals surface area contributed by atoms with E-state index in [4.69, 9.17) is 4.74 Å². The summed E-state index contributed by atoms with van der Waals surface area (Å²) in [5.74, 6) is 2.64. The first-order valence-corrected chi connectivity index (χ1v) is 7.33. The lowest BCUT2D eigenvalue weighted by Crippen LogP contribution is -2.40. The smallest absolute Gasteiger partial charge is 0.191 e. The number of aliphatic imine (C=N–C) groups is 1. The van der Waals surface area contributed by atoms with E-state index < -0.39 is 0 Å². The quantitative estimate of drug-likeness (QED) is 0.332. The van der Waals surface area contributed by atoms with Gasteiger partial charge in [0, 0.05) is 13.6 Å². The molecule has 5 heteroatoms. The van der Waals surface area contributed by atoms with E-state index in [0.29, 0.717) is 6.61 Å². The van der Waals surface area contributed by atoms with Crippen molar-refractivity contribution in [1.82, 2.24) is 10.6 Å². The van der Waals surface area contributed by atoms with E-state index in [0.717, 1.165) is 30.7 Å². The lowest BCUT2D eigenvalue weighted by Gasteiger charge is -2.12. The molecule has 0 atom stereocenters. The Bertz CT molecular complexity index is 452.